The average Bonchev–Trinajstić information content (AvgIpc) is 3.39. The summed E-state index contributed by atoms with van der Waals surface area (Å²) in [5, 5.41) is 6.66. The maximum atomic E-state index is 13.2. The Bertz CT molecular complexity index is 1100. The van der Waals surface area contributed by atoms with Crippen molar-refractivity contribution in [1.82, 2.24) is 19.9 Å². The topological polar surface area (TPSA) is 80.2 Å². The summed E-state index contributed by atoms with van der Waals surface area (Å²) in [5.41, 5.74) is 1.84. The van der Waals surface area contributed by atoms with Crippen LogP contribution in [-0.4, -0.2) is 57.7 Å². The van der Waals surface area contributed by atoms with Crippen molar-refractivity contribution >= 4 is 39.5 Å². The Kier molecular flexibility index (Phi) is 6.45. The molecule has 1 aliphatic heterocycles. The van der Waals surface area contributed by atoms with E-state index >= 15 is 0 Å². The van der Waals surface area contributed by atoms with Crippen LogP contribution in [0.15, 0.2) is 23.7 Å². The monoisotopic (exact) mass is 483 g/mol. The number of aryl methyl sites for hydroxylation is 2. The van der Waals surface area contributed by atoms with Gasteiger partial charge in [0.2, 0.25) is 0 Å². The Hall–Kier alpha value is -2.57. The highest BCUT2D eigenvalue weighted by atomic mass is 32.1. The fraction of sp³-hybridized carbons (Fsp3) is 0.400. The molecule has 1 N–H and O–H groups in total. The minimum atomic E-state index is -4.55. The third-order valence-electron chi connectivity index (χ3n) is 4.89. The highest BCUT2D eigenvalue weighted by molar-refractivity contribution is 7.16. The van der Waals surface area contributed by atoms with E-state index in [9.17, 15) is 18.0 Å². The third-order valence-corrected chi connectivity index (χ3v) is 6.97. The Balaban J connectivity index is 1.46. The van der Waals surface area contributed by atoms with Crippen molar-refractivity contribution in [3.05, 3.63) is 40.0 Å². The number of thiazole rings is 2. The van der Waals surface area contributed by atoms with E-state index in [1.807, 2.05) is 12.3 Å². The van der Waals surface area contributed by atoms with Crippen LogP contribution in [0.5, 0.6) is 0 Å². The van der Waals surface area contributed by atoms with Gasteiger partial charge in [0, 0.05) is 18.1 Å². The molecule has 4 rings (SSSR count). The van der Waals surface area contributed by atoms with Crippen LogP contribution >= 0.6 is 22.7 Å². The fourth-order valence-corrected chi connectivity index (χ4v) is 5.01. The minimum Gasteiger partial charge on any atom is -0.377 e. The Labute approximate surface area is 190 Å². The molecule has 7 nitrogen and oxygen atoms in total. The van der Waals surface area contributed by atoms with E-state index in [1.54, 1.807) is 17.4 Å². The van der Waals surface area contributed by atoms with Gasteiger partial charge in [-0.2, -0.15) is 13.2 Å². The van der Waals surface area contributed by atoms with Gasteiger partial charge < -0.3 is 15.0 Å². The van der Waals surface area contributed by atoms with Crippen LogP contribution in [0.2, 0.25) is 0 Å². The lowest BCUT2D eigenvalue weighted by Gasteiger charge is -2.36. The van der Waals surface area contributed by atoms with Crippen molar-refractivity contribution in [3.63, 3.8) is 0 Å². The second-order valence-corrected chi connectivity index (χ2v) is 9.04. The first kappa shape index (κ1) is 22.6. The Morgan fingerprint density at radius 2 is 2.16 bits per heavy atom. The van der Waals surface area contributed by atoms with Crippen LogP contribution in [0.4, 0.5) is 24.1 Å². The molecular weight excluding hydrogens is 463 g/mol. The molecule has 1 fully saturated rings. The second kappa shape index (κ2) is 9.12. The van der Waals surface area contributed by atoms with Crippen molar-refractivity contribution in [2.45, 2.75) is 32.5 Å². The highest BCUT2D eigenvalue weighted by Crippen LogP contribution is 2.33. The molecule has 0 spiro atoms. The van der Waals surface area contributed by atoms with Crippen molar-refractivity contribution < 1.29 is 22.7 Å². The largest absolute Gasteiger partial charge is 0.411 e. The van der Waals surface area contributed by atoms with E-state index in [0.29, 0.717) is 10.9 Å². The minimum absolute atomic E-state index is 0.0662. The molecular formula is C20H20F3N5O2S2. The van der Waals surface area contributed by atoms with Gasteiger partial charge in [-0.05, 0) is 25.5 Å². The van der Waals surface area contributed by atoms with E-state index in [2.05, 4.69) is 27.2 Å². The summed E-state index contributed by atoms with van der Waals surface area (Å²) in [4.78, 5) is 27.7. The molecule has 0 aliphatic carbocycles. The predicted molar refractivity (Wildman–Crippen MR) is 117 cm³/mol. The number of morpholine rings is 1. The molecule has 0 radical (unpaired) electrons. The quantitative estimate of drug-likeness (QED) is 0.568. The Morgan fingerprint density at radius 1 is 1.34 bits per heavy atom. The zero-order chi connectivity index (χ0) is 22.9. The van der Waals surface area contributed by atoms with Crippen molar-refractivity contribution in [1.29, 1.82) is 0 Å². The van der Waals surface area contributed by atoms with Crippen LogP contribution in [0, 0.1) is 6.92 Å². The highest BCUT2D eigenvalue weighted by Gasteiger charge is 2.47. The number of carbonyl (C=O) groups excluding carboxylic acids is 1. The van der Waals surface area contributed by atoms with E-state index in [-0.39, 0.29) is 18.7 Å². The van der Waals surface area contributed by atoms with Crippen LogP contribution in [0.25, 0.3) is 10.6 Å². The average molecular weight is 484 g/mol. The number of amides is 1. The molecule has 1 atom stereocenters. The van der Waals surface area contributed by atoms with Crippen molar-refractivity contribution in [3.8, 4) is 10.6 Å². The molecule has 0 aromatic carbocycles. The van der Waals surface area contributed by atoms with Gasteiger partial charge in [0.15, 0.2) is 11.2 Å². The molecule has 1 amide bonds. The molecule has 32 heavy (non-hydrogen) atoms. The summed E-state index contributed by atoms with van der Waals surface area (Å²) in [5.74, 6) is -0.286. The molecule has 1 unspecified atom stereocenters. The number of hydrogen-bond acceptors (Lipinski definition) is 8. The van der Waals surface area contributed by atoms with Crippen molar-refractivity contribution in [2.24, 2.45) is 0 Å². The lowest BCUT2D eigenvalue weighted by molar-refractivity contribution is -0.202. The zero-order valence-electron chi connectivity index (χ0n) is 17.3. The third kappa shape index (κ3) is 4.76. The van der Waals surface area contributed by atoms with Gasteiger partial charge in [-0.25, -0.2) is 15.0 Å². The van der Waals surface area contributed by atoms with Crippen molar-refractivity contribution in [2.75, 3.05) is 25.1 Å². The van der Waals surface area contributed by atoms with Crippen LogP contribution < -0.4 is 5.32 Å². The first-order valence-corrected chi connectivity index (χ1v) is 11.6. The molecule has 1 aliphatic rings. The molecule has 0 bridgehead atoms. The number of nitrogens with zero attached hydrogens (tertiary/aromatic N) is 4. The molecule has 0 saturated carbocycles. The summed E-state index contributed by atoms with van der Waals surface area (Å²) in [6.07, 6.45) is -2.42. The number of ether oxygens (including phenoxy) is 1. The van der Waals surface area contributed by atoms with Gasteiger partial charge in [0.1, 0.15) is 5.82 Å². The molecule has 12 heteroatoms. The number of aromatic nitrogens is 3. The van der Waals surface area contributed by atoms with E-state index in [0.717, 1.165) is 32.6 Å². The van der Waals surface area contributed by atoms with Gasteiger partial charge in [-0.1, -0.05) is 6.92 Å². The standard InChI is InChI=1S/C20H20F3N5O2S2/c1-3-16-25-11(2)17(32-16)13-10-31-19(26-13)27-15-5-4-12(8-24-15)18(29)28-6-7-30-9-14(28)20(21,22)23/h4-5,8,10,14H,3,6-7,9H2,1-2H3,(H,24,26,27). The smallest absolute Gasteiger partial charge is 0.377 e. The number of nitrogens with one attached hydrogen (secondary N) is 1. The SMILES string of the molecule is CCc1nc(C)c(-c2csc(Nc3ccc(C(=O)N4CCOCC4C(F)(F)F)cn3)n2)s1. The van der Waals surface area contributed by atoms with Gasteiger partial charge >= 0.3 is 6.18 Å². The van der Waals surface area contributed by atoms with Crippen LogP contribution in [0.3, 0.4) is 0 Å². The molecule has 4 heterocycles. The summed E-state index contributed by atoms with van der Waals surface area (Å²) in [6.45, 7) is 3.39. The first-order chi connectivity index (χ1) is 15.3. The molecule has 170 valence electrons. The summed E-state index contributed by atoms with van der Waals surface area (Å²) >= 11 is 3.01. The normalized spacial score (nSPS) is 16.9. The molecule has 1 saturated heterocycles. The fourth-order valence-electron chi connectivity index (χ4n) is 3.26. The summed E-state index contributed by atoms with van der Waals surface area (Å²) < 4.78 is 44.6. The predicted octanol–water partition coefficient (Wildman–Crippen LogP) is 4.68. The first-order valence-electron chi connectivity index (χ1n) is 9.87. The lowest BCUT2D eigenvalue weighted by Crippen LogP contribution is -2.55. The van der Waals surface area contributed by atoms with Gasteiger partial charge in [-0.3, -0.25) is 4.79 Å². The van der Waals surface area contributed by atoms with Gasteiger partial charge in [0.25, 0.3) is 5.91 Å². The molecule has 3 aromatic rings. The number of alkyl halides is 3. The van der Waals surface area contributed by atoms with E-state index in [1.165, 1.54) is 23.6 Å². The van der Waals surface area contributed by atoms with E-state index in [4.69, 9.17) is 4.74 Å². The molecule has 3 aromatic heterocycles. The lowest BCUT2D eigenvalue weighted by atomic mass is 10.1. The van der Waals surface area contributed by atoms with Crippen LogP contribution in [-0.2, 0) is 11.2 Å². The second-order valence-electron chi connectivity index (χ2n) is 7.10. The number of rotatable bonds is 5. The number of halogens is 3. The zero-order valence-corrected chi connectivity index (χ0v) is 18.9. The number of carbonyl (C=O) groups is 1. The number of pyridine rings is 1. The Morgan fingerprint density at radius 3 is 2.81 bits per heavy atom. The summed E-state index contributed by atoms with van der Waals surface area (Å²) in [7, 11) is 0. The maximum Gasteiger partial charge on any atom is 0.411 e. The number of anilines is 2. The van der Waals surface area contributed by atoms with Gasteiger partial charge in [-0.15, -0.1) is 22.7 Å². The van der Waals surface area contributed by atoms with E-state index < -0.39 is 24.7 Å². The maximum absolute atomic E-state index is 13.2. The summed E-state index contributed by atoms with van der Waals surface area (Å²) in [6, 6.07) is 1.04. The number of hydrogen-bond donors (Lipinski definition) is 1. The van der Waals surface area contributed by atoms with Crippen LogP contribution in [0.1, 0.15) is 28.0 Å². The van der Waals surface area contributed by atoms with Gasteiger partial charge in [0.05, 0.1) is 40.0 Å².